The van der Waals surface area contributed by atoms with Crippen LogP contribution in [-0.2, 0) is 0 Å². The zero-order chi connectivity index (χ0) is 12.2. The highest BCUT2D eigenvalue weighted by Crippen LogP contribution is 2.38. The smallest absolute Gasteiger partial charge is 0.00440 e. The molecule has 0 aromatic rings. The van der Waals surface area contributed by atoms with E-state index in [2.05, 4.69) is 45.1 Å². The third-order valence-corrected chi connectivity index (χ3v) is 3.47. The molecule has 0 amide bonds. The number of hydrogen-bond acceptors (Lipinski definition) is 2. The van der Waals surface area contributed by atoms with Crippen LogP contribution in [0.4, 0.5) is 0 Å². The van der Waals surface area contributed by atoms with E-state index in [0.29, 0.717) is 10.8 Å². The fourth-order valence-electron chi connectivity index (χ4n) is 2.89. The van der Waals surface area contributed by atoms with Gasteiger partial charge in [-0.1, -0.05) is 33.6 Å². The van der Waals surface area contributed by atoms with Gasteiger partial charge in [-0.3, -0.25) is 0 Å². The fourth-order valence-corrected chi connectivity index (χ4v) is 2.89. The summed E-state index contributed by atoms with van der Waals surface area (Å²) < 4.78 is 0. The van der Waals surface area contributed by atoms with Gasteiger partial charge in [0.05, 0.1) is 0 Å². The Morgan fingerprint density at radius 3 is 2.12 bits per heavy atom. The lowest BCUT2D eigenvalue weighted by molar-refractivity contribution is 0.188. The fraction of sp³-hybridized carbons (Fsp3) is 1.00. The summed E-state index contributed by atoms with van der Waals surface area (Å²) in [4.78, 5) is 2.35. The molecule has 0 bridgehead atoms. The summed E-state index contributed by atoms with van der Waals surface area (Å²) in [7, 11) is 4.40. The van der Waals surface area contributed by atoms with Crippen LogP contribution in [0.1, 0.15) is 46.5 Å². The van der Waals surface area contributed by atoms with Crippen molar-refractivity contribution in [2.24, 2.45) is 10.8 Å². The predicted octanol–water partition coefficient (Wildman–Crippen LogP) is 2.74. The zero-order valence-electron chi connectivity index (χ0n) is 11.9. The van der Waals surface area contributed by atoms with E-state index in [0.717, 1.165) is 6.54 Å². The summed E-state index contributed by atoms with van der Waals surface area (Å²) in [6.45, 7) is 10.5. The van der Waals surface area contributed by atoms with E-state index < -0.39 is 0 Å². The molecule has 0 atom stereocenters. The standard InChI is InChI=1S/C14H30N2/c1-13(2,3)10-15-11-14(12-16(4)5)8-6-7-9-14/h15H,6-12H2,1-5H3. The molecule has 1 saturated carbocycles. The maximum Gasteiger partial charge on any atom is 0.00440 e. The Morgan fingerprint density at radius 1 is 1.12 bits per heavy atom. The van der Waals surface area contributed by atoms with Gasteiger partial charge in [0, 0.05) is 19.6 Å². The second-order valence-corrected chi connectivity index (χ2v) is 7.11. The summed E-state index contributed by atoms with van der Waals surface area (Å²) in [6.07, 6.45) is 5.65. The van der Waals surface area contributed by atoms with Crippen molar-refractivity contribution in [3.63, 3.8) is 0 Å². The number of nitrogens with zero attached hydrogens (tertiary/aromatic N) is 1. The third kappa shape index (κ3) is 4.84. The van der Waals surface area contributed by atoms with Gasteiger partial charge >= 0.3 is 0 Å². The molecule has 1 N–H and O–H groups in total. The van der Waals surface area contributed by atoms with E-state index in [-0.39, 0.29) is 0 Å². The zero-order valence-corrected chi connectivity index (χ0v) is 11.9. The lowest BCUT2D eigenvalue weighted by Crippen LogP contribution is -2.42. The van der Waals surface area contributed by atoms with Crippen LogP contribution in [-0.4, -0.2) is 38.6 Å². The van der Waals surface area contributed by atoms with Crippen LogP contribution in [0.3, 0.4) is 0 Å². The molecule has 1 aliphatic rings. The number of nitrogens with one attached hydrogen (secondary N) is 1. The Morgan fingerprint density at radius 2 is 1.69 bits per heavy atom. The maximum absolute atomic E-state index is 3.69. The molecule has 0 spiro atoms. The minimum absolute atomic E-state index is 0.401. The molecule has 1 fully saturated rings. The van der Waals surface area contributed by atoms with E-state index in [1.165, 1.54) is 38.8 Å². The van der Waals surface area contributed by atoms with Crippen molar-refractivity contribution in [3.05, 3.63) is 0 Å². The summed E-state index contributed by atoms with van der Waals surface area (Å²) in [5.74, 6) is 0. The van der Waals surface area contributed by atoms with Crippen molar-refractivity contribution in [1.29, 1.82) is 0 Å². The Kier molecular flexibility index (Phi) is 4.81. The quantitative estimate of drug-likeness (QED) is 0.775. The number of rotatable bonds is 5. The highest BCUT2D eigenvalue weighted by Gasteiger charge is 2.34. The molecule has 1 rings (SSSR count). The predicted molar refractivity (Wildman–Crippen MR) is 71.8 cm³/mol. The first-order valence-electron chi connectivity index (χ1n) is 6.69. The second kappa shape index (κ2) is 5.50. The van der Waals surface area contributed by atoms with Crippen molar-refractivity contribution in [2.45, 2.75) is 46.5 Å². The normalized spacial score (nSPS) is 20.6. The minimum Gasteiger partial charge on any atom is -0.316 e. The van der Waals surface area contributed by atoms with Gasteiger partial charge in [-0.25, -0.2) is 0 Å². The molecule has 0 heterocycles. The van der Waals surface area contributed by atoms with Gasteiger partial charge in [-0.15, -0.1) is 0 Å². The van der Waals surface area contributed by atoms with Crippen LogP contribution in [0, 0.1) is 10.8 Å². The van der Waals surface area contributed by atoms with Gasteiger partial charge < -0.3 is 10.2 Å². The second-order valence-electron chi connectivity index (χ2n) is 7.11. The lowest BCUT2D eigenvalue weighted by atomic mass is 9.85. The minimum atomic E-state index is 0.401. The van der Waals surface area contributed by atoms with Gasteiger partial charge in [-0.2, -0.15) is 0 Å². The van der Waals surface area contributed by atoms with Crippen LogP contribution in [0.2, 0.25) is 0 Å². The van der Waals surface area contributed by atoms with E-state index in [1.807, 2.05) is 0 Å². The van der Waals surface area contributed by atoms with Crippen LogP contribution in [0.25, 0.3) is 0 Å². The molecule has 0 unspecified atom stereocenters. The molecule has 2 heteroatoms. The summed E-state index contributed by atoms with van der Waals surface area (Å²) in [5, 5.41) is 3.69. The van der Waals surface area contributed by atoms with E-state index >= 15 is 0 Å². The van der Waals surface area contributed by atoms with Gasteiger partial charge in [-0.05, 0) is 37.8 Å². The molecule has 0 aliphatic heterocycles. The first-order valence-corrected chi connectivity index (χ1v) is 6.69. The van der Waals surface area contributed by atoms with Gasteiger partial charge in [0.1, 0.15) is 0 Å². The van der Waals surface area contributed by atoms with Crippen molar-refractivity contribution < 1.29 is 0 Å². The molecular weight excluding hydrogens is 196 g/mol. The molecule has 0 aromatic carbocycles. The van der Waals surface area contributed by atoms with Crippen LogP contribution in [0.5, 0.6) is 0 Å². The molecule has 0 radical (unpaired) electrons. The van der Waals surface area contributed by atoms with Gasteiger partial charge in [0.15, 0.2) is 0 Å². The van der Waals surface area contributed by atoms with E-state index in [1.54, 1.807) is 0 Å². The topological polar surface area (TPSA) is 15.3 Å². The highest BCUT2D eigenvalue weighted by molar-refractivity contribution is 4.89. The molecule has 0 aromatic heterocycles. The van der Waals surface area contributed by atoms with Crippen LogP contribution < -0.4 is 5.32 Å². The number of hydrogen-bond donors (Lipinski definition) is 1. The third-order valence-electron chi connectivity index (χ3n) is 3.47. The highest BCUT2D eigenvalue weighted by atomic mass is 15.1. The van der Waals surface area contributed by atoms with Crippen molar-refractivity contribution in [1.82, 2.24) is 10.2 Å². The first kappa shape index (κ1) is 14.0. The Labute approximate surface area is 102 Å². The average molecular weight is 226 g/mol. The summed E-state index contributed by atoms with van der Waals surface area (Å²) in [6, 6.07) is 0. The monoisotopic (exact) mass is 226 g/mol. The van der Waals surface area contributed by atoms with Crippen molar-refractivity contribution in [2.75, 3.05) is 33.7 Å². The van der Waals surface area contributed by atoms with Crippen LogP contribution in [0.15, 0.2) is 0 Å². The summed E-state index contributed by atoms with van der Waals surface area (Å²) >= 11 is 0. The lowest BCUT2D eigenvalue weighted by Gasteiger charge is -2.33. The Bertz CT molecular complexity index is 197. The molecule has 2 nitrogen and oxygen atoms in total. The molecule has 16 heavy (non-hydrogen) atoms. The van der Waals surface area contributed by atoms with Crippen LogP contribution >= 0.6 is 0 Å². The van der Waals surface area contributed by atoms with E-state index in [4.69, 9.17) is 0 Å². The first-order chi connectivity index (χ1) is 7.33. The largest absolute Gasteiger partial charge is 0.316 e. The van der Waals surface area contributed by atoms with Gasteiger partial charge in [0.2, 0.25) is 0 Å². The Balaban J connectivity index is 2.39. The van der Waals surface area contributed by atoms with Crippen molar-refractivity contribution in [3.8, 4) is 0 Å². The SMILES string of the molecule is CN(C)CC1(CNCC(C)(C)C)CCCC1. The van der Waals surface area contributed by atoms with E-state index in [9.17, 15) is 0 Å². The average Bonchev–Trinajstić information content (AvgIpc) is 2.49. The summed E-state index contributed by atoms with van der Waals surface area (Å²) in [5.41, 5.74) is 0.951. The Hall–Kier alpha value is -0.0800. The maximum atomic E-state index is 3.69. The molecule has 1 aliphatic carbocycles. The van der Waals surface area contributed by atoms with Gasteiger partial charge in [0.25, 0.3) is 0 Å². The molecule has 0 saturated heterocycles. The molecule has 96 valence electrons. The van der Waals surface area contributed by atoms with Crippen molar-refractivity contribution >= 4 is 0 Å². The molecular formula is C14H30N2.